The molecule has 0 N–H and O–H groups in total. The number of unbranched alkanes of at least 4 members (excludes halogenated alkanes) is 7. The standard InChI is InChI=1S/C15H30N2/c1-4-5-6-7-8-9-10-11-12-17-13-14(2)16-15(17)3/h14H,4-13H2,1-3H3. The van der Waals surface area contributed by atoms with E-state index in [9.17, 15) is 0 Å². The molecular weight excluding hydrogens is 208 g/mol. The van der Waals surface area contributed by atoms with E-state index in [1.165, 1.54) is 63.7 Å². The van der Waals surface area contributed by atoms with Gasteiger partial charge in [-0.05, 0) is 20.3 Å². The molecule has 1 aliphatic heterocycles. The first kappa shape index (κ1) is 14.5. The molecule has 2 heteroatoms. The Morgan fingerprint density at radius 2 is 1.65 bits per heavy atom. The molecule has 0 aliphatic carbocycles. The summed E-state index contributed by atoms with van der Waals surface area (Å²) >= 11 is 0. The van der Waals surface area contributed by atoms with Crippen molar-refractivity contribution in [2.75, 3.05) is 13.1 Å². The fraction of sp³-hybridized carbons (Fsp3) is 0.933. The highest BCUT2D eigenvalue weighted by atomic mass is 15.2. The lowest BCUT2D eigenvalue weighted by Gasteiger charge is -2.18. The minimum atomic E-state index is 0.518. The van der Waals surface area contributed by atoms with E-state index in [1.807, 2.05) is 0 Å². The average Bonchev–Trinajstić information content (AvgIpc) is 2.61. The van der Waals surface area contributed by atoms with E-state index in [0.717, 1.165) is 6.54 Å². The van der Waals surface area contributed by atoms with E-state index in [-0.39, 0.29) is 0 Å². The maximum Gasteiger partial charge on any atom is 0.0962 e. The van der Waals surface area contributed by atoms with Crippen molar-refractivity contribution in [2.24, 2.45) is 4.99 Å². The molecule has 17 heavy (non-hydrogen) atoms. The van der Waals surface area contributed by atoms with Gasteiger partial charge in [0.2, 0.25) is 0 Å². The first-order valence-corrected chi connectivity index (χ1v) is 7.53. The predicted octanol–water partition coefficient (Wildman–Crippen LogP) is 4.25. The Hall–Kier alpha value is -0.530. The van der Waals surface area contributed by atoms with Gasteiger partial charge in [0.15, 0.2) is 0 Å². The molecule has 0 aromatic heterocycles. The Kier molecular flexibility index (Phi) is 7.30. The van der Waals surface area contributed by atoms with Crippen LogP contribution in [0.3, 0.4) is 0 Å². The van der Waals surface area contributed by atoms with Crippen LogP contribution in [0.2, 0.25) is 0 Å². The van der Waals surface area contributed by atoms with Crippen molar-refractivity contribution in [3.05, 3.63) is 0 Å². The van der Waals surface area contributed by atoms with Crippen LogP contribution < -0.4 is 0 Å². The third-order valence-electron chi connectivity index (χ3n) is 3.63. The fourth-order valence-corrected chi connectivity index (χ4v) is 2.58. The molecule has 1 aliphatic rings. The van der Waals surface area contributed by atoms with Crippen LogP contribution in [0.4, 0.5) is 0 Å². The molecule has 1 heterocycles. The van der Waals surface area contributed by atoms with Gasteiger partial charge in [0, 0.05) is 13.1 Å². The molecule has 0 bridgehead atoms. The third-order valence-corrected chi connectivity index (χ3v) is 3.63. The second kappa shape index (κ2) is 8.54. The molecular formula is C15H30N2. The summed E-state index contributed by atoms with van der Waals surface area (Å²) < 4.78 is 0. The summed E-state index contributed by atoms with van der Waals surface area (Å²) in [5.41, 5.74) is 0. The lowest BCUT2D eigenvalue weighted by atomic mass is 10.1. The lowest BCUT2D eigenvalue weighted by molar-refractivity contribution is 0.409. The van der Waals surface area contributed by atoms with Crippen molar-refractivity contribution in [3.63, 3.8) is 0 Å². The summed E-state index contributed by atoms with van der Waals surface area (Å²) in [6, 6.07) is 0.518. The number of hydrogen-bond donors (Lipinski definition) is 0. The summed E-state index contributed by atoms with van der Waals surface area (Å²) in [6.07, 6.45) is 11.2. The van der Waals surface area contributed by atoms with Crippen LogP contribution >= 0.6 is 0 Å². The normalized spacial score (nSPS) is 19.8. The van der Waals surface area contributed by atoms with Gasteiger partial charge in [-0.25, -0.2) is 0 Å². The zero-order valence-corrected chi connectivity index (χ0v) is 12.0. The summed E-state index contributed by atoms with van der Waals surface area (Å²) in [5.74, 6) is 1.25. The summed E-state index contributed by atoms with van der Waals surface area (Å²) in [7, 11) is 0. The molecule has 0 aromatic rings. The van der Waals surface area contributed by atoms with Crippen molar-refractivity contribution in [1.82, 2.24) is 4.90 Å². The monoisotopic (exact) mass is 238 g/mol. The van der Waals surface area contributed by atoms with E-state index in [4.69, 9.17) is 0 Å². The molecule has 0 saturated carbocycles. The van der Waals surface area contributed by atoms with E-state index in [0.29, 0.717) is 6.04 Å². The van der Waals surface area contributed by atoms with Crippen molar-refractivity contribution >= 4 is 5.84 Å². The molecule has 1 atom stereocenters. The predicted molar refractivity (Wildman–Crippen MR) is 76.8 cm³/mol. The van der Waals surface area contributed by atoms with Gasteiger partial charge in [0.25, 0.3) is 0 Å². The molecule has 1 unspecified atom stereocenters. The molecule has 0 spiro atoms. The van der Waals surface area contributed by atoms with Crippen LogP contribution in [-0.2, 0) is 0 Å². The average molecular weight is 238 g/mol. The van der Waals surface area contributed by atoms with Gasteiger partial charge in [-0.2, -0.15) is 0 Å². The second-order valence-electron chi connectivity index (χ2n) is 5.45. The number of hydrogen-bond acceptors (Lipinski definition) is 2. The van der Waals surface area contributed by atoms with Crippen molar-refractivity contribution < 1.29 is 0 Å². The van der Waals surface area contributed by atoms with Crippen molar-refractivity contribution in [2.45, 2.75) is 78.2 Å². The summed E-state index contributed by atoms with van der Waals surface area (Å²) in [5, 5.41) is 0. The Labute approximate surface area is 107 Å². The number of nitrogens with zero attached hydrogens (tertiary/aromatic N) is 2. The minimum Gasteiger partial charge on any atom is -0.358 e. The summed E-state index contributed by atoms with van der Waals surface area (Å²) in [6.45, 7) is 8.99. The van der Waals surface area contributed by atoms with Crippen LogP contribution in [0.5, 0.6) is 0 Å². The first-order chi connectivity index (χ1) is 8.24. The highest BCUT2D eigenvalue weighted by molar-refractivity contribution is 5.81. The maximum absolute atomic E-state index is 4.56. The summed E-state index contributed by atoms with van der Waals surface area (Å²) in [4.78, 5) is 7.01. The Morgan fingerprint density at radius 1 is 1.06 bits per heavy atom. The van der Waals surface area contributed by atoms with Gasteiger partial charge in [-0.15, -0.1) is 0 Å². The Morgan fingerprint density at radius 3 is 2.18 bits per heavy atom. The van der Waals surface area contributed by atoms with Crippen LogP contribution in [0.25, 0.3) is 0 Å². The lowest BCUT2D eigenvalue weighted by Crippen LogP contribution is -2.28. The molecule has 0 aromatic carbocycles. The maximum atomic E-state index is 4.56. The van der Waals surface area contributed by atoms with Crippen molar-refractivity contribution in [1.29, 1.82) is 0 Å². The topological polar surface area (TPSA) is 15.6 Å². The van der Waals surface area contributed by atoms with Crippen LogP contribution in [0.15, 0.2) is 4.99 Å². The largest absolute Gasteiger partial charge is 0.358 e. The number of amidine groups is 1. The molecule has 100 valence electrons. The second-order valence-corrected chi connectivity index (χ2v) is 5.45. The zero-order chi connectivity index (χ0) is 12.5. The minimum absolute atomic E-state index is 0.518. The van der Waals surface area contributed by atoms with Gasteiger partial charge < -0.3 is 4.90 Å². The van der Waals surface area contributed by atoms with Crippen LogP contribution in [0, 0.1) is 0 Å². The van der Waals surface area contributed by atoms with Gasteiger partial charge in [-0.1, -0.05) is 51.9 Å². The SMILES string of the molecule is CCCCCCCCCCN1CC(C)N=C1C. The third kappa shape index (κ3) is 6.09. The highest BCUT2D eigenvalue weighted by Gasteiger charge is 2.17. The number of rotatable bonds is 9. The van der Waals surface area contributed by atoms with Gasteiger partial charge in [-0.3, -0.25) is 4.99 Å². The Balaban J connectivity index is 1.89. The van der Waals surface area contributed by atoms with E-state index < -0.39 is 0 Å². The molecule has 0 fully saturated rings. The Bertz CT molecular complexity index is 223. The fourth-order valence-electron chi connectivity index (χ4n) is 2.58. The van der Waals surface area contributed by atoms with Crippen LogP contribution in [-0.4, -0.2) is 29.9 Å². The molecule has 0 amide bonds. The van der Waals surface area contributed by atoms with Gasteiger partial charge in [0.1, 0.15) is 0 Å². The highest BCUT2D eigenvalue weighted by Crippen LogP contribution is 2.12. The van der Waals surface area contributed by atoms with Gasteiger partial charge >= 0.3 is 0 Å². The quantitative estimate of drug-likeness (QED) is 0.548. The number of aliphatic imine (C=N–C) groups is 1. The molecule has 0 saturated heterocycles. The van der Waals surface area contributed by atoms with Crippen molar-refractivity contribution in [3.8, 4) is 0 Å². The van der Waals surface area contributed by atoms with E-state index in [1.54, 1.807) is 0 Å². The molecule has 1 rings (SSSR count). The first-order valence-electron chi connectivity index (χ1n) is 7.53. The van der Waals surface area contributed by atoms with E-state index >= 15 is 0 Å². The van der Waals surface area contributed by atoms with Crippen LogP contribution in [0.1, 0.15) is 72.1 Å². The van der Waals surface area contributed by atoms with Gasteiger partial charge in [0.05, 0.1) is 11.9 Å². The molecule has 0 radical (unpaired) electrons. The smallest absolute Gasteiger partial charge is 0.0962 e. The zero-order valence-electron chi connectivity index (χ0n) is 12.0. The van der Waals surface area contributed by atoms with E-state index in [2.05, 4.69) is 30.7 Å². The molecule has 2 nitrogen and oxygen atoms in total.